The second-order valence-electron chi connectivity index (χ2n) is 10.0. The van der Waals surface area contributed by atoms with Crippen LogP contribution in [0.1, 0.15) is 66.9 Å². The van der Waals surface area contributed by atoms with Crippen molar-refractivity contribution >= 4 is 5.97 Å². The molecule has 4 atom stereocenters. The standard InChI is InChI=1S/C28H32F7NO3/c1-17(20-13-21(27(30,31)32)15-22(14-20)28(33,34)35)39-24-11-8-19(16-36(2)12-4-5-25(37)38-3)26(24)18-6-9-23(29)10-7-18/h6-7,9-10,13-15,17,19,24,26H,4-5,8,11-12,16H2,1-3H3/t17-,19?,24?,26?/m0/s1. The number of esters is 1. The highest BCUT2D eigenvalue weighted by atomic mass is 19.4. The van der Waals surface area contributed by atoms with Crippen LogP contribution in [0.3, 0.4) is 0 Å². The van der Waals surface area contributed by atoms with E-state index < -0.39 is 41.5 Å². The van der Waals surface area contributed by atoms with E-state index in [9.17, 15) is 35.5 Å². The molecular weight excluding hydrogens is 531 g/mol. The van der Waals surface area contributed by atoms with Crippen LogP contribution in [0.25, 0.3) is 0 Å². The number of nitrogens with zero attached hydrogens (tertiary/aromatic N) is 1. The molecule has 2 aromatic carbocycles. The Morgan fingerprint density at radius 3 is 2.13 bits per heavy atom. The maximum Gasteiger partial charge on any atom is 0.416 e. The van der Waals surface area contributed by atoms with Gasteiger partial charge in [-0.25, -0.2) is 4.39 Å². The molecule has 3 rings (SSSR count). The van der Waals surface area contributed by atoms with Crippen molar-refractivity contribution in [3.63, 3.8) is 0 Å². The van der Waals surface area contributed by atoms with Gasteiger partial charge in [-0.1, -0.05) is 12.1 Å². The summed E-state index contributed by atoms with van der Waals surface area (Å²) in [5.74, 6) is -0.964. The number of methoxy groups -OCH3 is 1. The lowest BCUT2D eigenvalue weighted by atomic mass is 9.87. The summed E-state index contributed by atoms with van der Waals surface area (Å²) in [5, 5.41) is 0. The molecule has 39 heavy (non-hydrogen) atoms. The molecular formula is C28H32F7NO3. The fourth-order valence-corrected chi connectivity index (χ4v) is 5.21. The molecule has 0 saturated heterocycles. The van der Waals surface area contributed by atoms with Gasteiger partial charge in [0.15, 0.2) is 0 Å². The highest BCUT2D eigenvalue weighted by Crippen LogP contribution is 2.45. The Bertz CT molecular complexity index is 1070. The van der Waals surface area contributed by atoms with E-state index in [0.29, 0.717) is 44.5 Å². The second kappa shape index (κ2) is 12.7. The molecule has 1 aliphatic carbocycles. The number of halogens is 7. The van der Waals surface area contributed by atoms with Crippen LogP contribution >= 0.6 is 0 Å². The van der Waals surface area contributed by atoms with Crippen LogP contribution in [0.4, 0.5) is 30.7 Å². The molecule has 0 aliphatic heterocycles. The Morgan fingerprint density at radius 2 is 1.59 bits per heavy atom. The van der Waals surface area contributed by atoms with Crippen LogP contribution in [-0.2, 0) is 26.6 Å². The fourth-order valence-electron chi connectivity index (χ4n) is 5.21. The van der Waals surface area contributed by atoms with Gasteiger partial charge in [0.25, 0.3) is 0 Å². The summed E-state index contributed by atoms with van der Waals surface area (Å²) in [5.41, 5.74) is -2.23. The number of carbonyl (C=O) groups excluding carboxylic acids is 1. The topological polar surface area (TPSA) is 38.8 Å². The Kier molecular flexibility index (Phi) is 10.0. The molecule has 0 aromatic heterocycles. The van der Waals surface area contributed by atoms with Gasteiger partial charge < -0.3 is 14.4 Å². The lowest BCUT2D eigenvalue weighted by Gasteiger charge is -2.30. The van der Waals surface area contributed by atoms with Crippen LogP contribution in [0.5, 0.6) is 0 Å². The van der Waals surface area contributed by atoms with Crippen molar-refractivity contribution in [2.45, 2.75) is 63.1 Å². The van der Waals surface area contributed by atoms with E-state index in [0.717, 1.165) is 5.56 Å². The molecule has 0 heterocycles. The number of ether oxygens (including phenoxy) is 2. The van der Waals surface area contributed by atoms with Gasteiger partial charge in [0.1, 0.15) is 5.82 Å². The average Bonchev–Trinajstić information content (AvgIpc) is 3.24. The monoisotopic (exact) mass is 563 g/mol. The van der Waals surface area contributed by atoms with E-state index >= 15 is 0 Å². The summed E-state index contributed by atoms with van der Waals surface area (Å²) in [4.78, 5) is 13.5. The molecule has 0 radical (unpaired) electrons. The summed E-state index contributed by atoms with van der Waals surface area (Å²) < 4.78 is 105. The molecule has 3 unspecified atom stereocenters. The quantitative estimate of drug-likeness (QED) is 0.223. The number of alkyl halides is 6. The predicted molar refractivity (Wildman–Crippen MR) is 130 cm³/mol. The number of rotatable bonds is 10. The lowest BCUT2D eigenvalue weighted by molar-refractivity contribution is -0.143. The van der Waals surface area contributed by atoms with Crippen molar-refractivity contribution in [1.29, 1.82) is 0 Å². The van der Waals surface area contributed by atoms with Crippen molar-refractivity contribution in [3.05, 3.63) is 70.5 Å². The molecule has 1 saturated carbocycles. The minimum absolute atomic E-state index is 0.0306. The first-order valence-electron chi connectivity index (χ1n) is 12.6. The van der Waals surface area contributed by atoms with E-state index in [1.165, 1.54) is 26.2 Å². The molecule has 1 aliphatic rings. The van der Waals surface area contributed by atoms with Crippen LogP contribution in [0.2, 0.25) is 0 Å². The van der Waals surface area contributed by atoms with Gasteiger partial charge >= 0.3 is 18.3 Å². The van der Waals surface area contributed by atoms with Crippen LogP contribution in [0.15, 0.2) is 42.5 Å². The molecule has 0 N–H and O–H groups in total. The molecule has 2 aromatic rings. The Balaban J connectivity index is 1.82. The molecule has 0 amide bonds. The summed E-state index contributed by atoms with van der Waals surface area (Å²) in [7, 11) is 3.22. The van der Waals surface area contributed by atoms with Crippen molar-refractivity contribution in [3.8, 4) is 0 Å². The molecule has 4 nitrogen and oxygen atoms in total. The summed E-state index contributed by atoms with van der Waals surface area (Å²) in [6, 6.07) is 7.36. The fraction of sp³-hybridized carbons (Fsp3) is 0.536. The zero-order valence-corrected chi connectivity index (χ0v) is 21.9. The van der Waals surface area contributed by atoms with E-state index in [4.69, 9.17) is 4.74 Å². The zero-order valence-electron chi connectivity index (χ0n) is 21.9. The normalized spacial score (nSPS) is 20.8. The first-order chi connectivity index (χ1) is 18.2. The first kappa shape index (κ1) is 30.9. The van der Waals surface area contributed by atoms with E-state index in [1.54, 1.807) is 12.1 Å². The third kappa shape index (κ3) is 8.41. The summed E-state index contributed by atoms with van der Waals surface area (Å²) in [6.07, 6.45) is -9.40. The minimum atomic E-state index is -4.96. The Hall–Kier alpha value is -2.66. The zero-order chi connectivity index (χ0) is 29.0. The van der Waals surface area contributed by atoms with Gasteiger partial charge in [0, 0.05) is 18.9 Å². The summed E-state index contributed by atoms with van der Waals surface area (Å²) in [6.45, 7) is 2.66. The van der Waals surface area contributed by atoms with Crippen LogP contribution < -0.4 is 0 Å². The van der Waals surface area contributed by atoms with Crippen LogP contribution in [0, 0.1) is 11.7 Å². The van der Waals surface area contributed by atoms with Gasteiger partial charge in [0.2, 0.25) is 0 Å². The first-order valence-corrected chi connectivity index (χ1v) is 12.6. The molecule has 11 heteroatoms. The van der Waals surface area contributed by atoms with E-state index in [2.05, 4.69) is 9.64 Å². The Morgan fingerprint density at radius 1 is 1.00 bits per heavy atom. The number of hydrogen-bond acceptors (Lipinski definition) is 4. The largest absolute Gasteiger partial charge is 0.469 e. The van der Waals surface area contributed by atoms with Crippen LogP contribution in [-0.4, -0.2) is 44.2 Å². The van der Waals surface area contributed by atoms with Crippen molar-refractivity contribution < 1.29 is 45.0 Å². The third-order valence-corrected chi connectivity index (χ3v) is 7.14. The average molecular weight is 564 g/mol. The maximum atomic E-state index is 13.7. The van der Waals surface area contributed by atoms with Gasteiger partial charge in [-0.15, -0.1) is 0 Å². The van der Waals surface area contributed by atoms with E-state index in [1.807, 2.05) is 7.05 Å². The second-order valence-corrected chi connectivity index (χ2v) is 10.0. The number of hydrogen-bond donors (Lipinski definition) is 0. The van der Waals surface area contributed by atoms with E-state index in [-0.39, 0.29) is 35.9 Å². The SMILES string of the molecule is COC(=O)CCCN(C)CC1CCC(O[C@@H](C)c2cc(C(F)(F)F)cc(C(F)(F)F)c2)C1c1ccc(F)cc1. The lowest BCUT2D eigenvalue weighted by Crippen LogP contribution is -2.31. The maximum absolute atomic E-state index is 13.7. The molecule has 1 fully saturated rings. The third-order valence-electron chi connectivity index (χ3n) is 7.14. The van der Waals surface area contributed by atoms with Crippen molar-refractivity contribution in [2.24, 2.45) is 5.92 Å². The van der Waals surface area contributed by atoms with Gasteiger partial charge in [-0.2, -0.15) is 26.3 Å². The van der Waals surface area contributed by atoms with Crippen molar-refractivity contribution in [1.82, 2.24) is 4.90 Å². The van der Waals surface area contributed by atoms with Gasteiger partial charge in [-0.05, 0) is 87.2 Å². The Labute approximate surface area is 223 Å². The van der Waals surface area contributed by atoms with Crippen molar-refractivity contribution in [2.75, 3.05) is 27.2 Å². The smallest absolute Gasteiger partial charge is 0.416 e. The van der Waals surface area contributed by atoms with Gasteiger partial charge in [-0.3, -0.25) is 4.79 Å². The molecule has 0 bridgehead atoms. The number of benzene rings is 2. The highest BCUT2D eigenvalue weighted by Gasteiger charge is 2.41. The predicted octanol–water partition coefficient (Wildman–Crippen LogP) is 7.39. The highest BCUT2D eigenvalue weighted by molar-refractivity contribution is 5.69. The molecule has 216 valence electrons. The minimum Gasteiger partial charge on any atom is -0.469 e. The number of carbonyl (C=O) groups is 1. The summed E-state index contributed by atoms with van der Waals surface area (Å²) >= 11 is 0. The van der Waals surface area contributed by atoms with Gasteiger partial charge in [0.05, 0.1) is 30.4 Å². The molecule has 0 spiro atoms.